The van der Waals surface area contributed by atoms with Gasteiger partial charge in [-0.05, 0) is 48.2 Å². The number of anilines is 1. The first kappa shape index (κ1) is 18.1. The van der Waals surface area contributed by atoms with Gasteiger partial charge in [0.1, 0.15) is 5.82 Å². The normalized spacial score (nSPS) is 16.8. The van der Waals surface area contributed by atoms with Crippen LogP contribution >= 0.6 is 0 Å². The second-order valence-electron chi connectivity index (χ2n) is 6.66. The molecule has 0 aliphatic carbocycles. The number of amides is 2. The molecule has 2 amide bonds. The van der Waals surface area contributed by atoms with Crippen LogP contribution in [0.25, 0.3) is 0 Å². The third-order valence-corrected chi connectivity index (χ3v) is 4.80. The van der Waals surface area contributed by atoms with Crippen molar-refractivity contribution in [1.82, 2.24) is 4.90 Å². The molecule has 2 aromatic rings. The molecule has 1 fully saturated rings. The highest BCUT2D eigenvalue weighted by atomic mass is 19.1. The Morgan fingerprint density at radius 2 is 1.77 bits per heavy atom. The lowest BCUT2D eigenvalue weighted by Gasteiger charge is -2.16. The first-order valence-electron chi connectivity index (χ1n) is 8.97. The molecule has 4 nitrogen and oxygen atoms in total. The summed E-state index contributed by atoms with van der Waals surface area (Å²) >= 11 is 0. The molecule has 3 rings (SSSR count). The van der Waals surface area contributed by atoms with E-state index in [0.717, 1.165) is 17.7 Å². The van der Waals surface area contributed by atoms with Gasteiger partial charge in [-0.2, -0.15) is 0 Å². The van der Waals surface area contributed by atoms with Gasteiger partial charge in [-0.25, -0.2) is 4.39 Å². The van der Waals surface area contributed by atoms with Gasteiger partial charge in [-0.15, -0.1) is 0 Å². The van der Waals surface area contributed by atoms with E-state index < -0.39 is 0 Å². The summed E-state index contributed by atoms with van der Waals surface area (Å²) in [5.74, 6) is -0.725. The van der Waals surface area contributed by atoms with Crippen LogP contribution in [0.5, 0.6) is 0 Å². The smallest absolute Gasteiger partial charge is 0.229 e. The van der Waals surface area contributed by atoms with Gasteiger partial charge >= 0.3 is 0 Å². The van der Waals surface area contributed by atoms with E-state index in [2.05, 4.69) is 12.2 Å². The number of halogens is 1. The molecule has 0 spiro atoms. The molecule has 2 aromatic carbocycles. The van der Waals surface area contributed by atoms with Crippen molar-refractivity contribution in [3.05, 3.63) is 65.5 Å². The van der Waals surface area contributed by atoms with Crippen LogP contribution in [0, 0.1) is 11.7 Å². The van der Waals surface area contributed by atoms with Gasteiger partial charge in [0, 0.05) is 25.2 Å². The van der Waals surface area contributed by atoms with Crippen molar-refractivity contribution in [2.45, 2.75) is 26.2 Å². The number of carbonyl (C=O) groups excluding carboxylic acids is 2. The van der Waals surface area contributed by atoms with E-state index >= 15 is 0 Å². The van der Waals surface area contributed by atoms with Crippen LogP contribution in [0.4, 0.5) is 10.1 Å². The lowest BCUT2D eigenvalue weighted by atomic mass is 10.1. The third kappa shape index (κ3) is 4.48. The molecule has 1 aliphatic heterocycles. The topological polar surface area (TPSA) is 49.4 Å². The van der Waals surface area contributed by atoms with E-state index in [0.29, 0.717) is 19.5 Å². The molecule has 1 aliphatic rings. The summed E-state index contributed by atoms with van der Waals surface area (Å²) in [6, 6.07) is 14.0. The summed E-state index contributed by atoms with van der Waals surface area (Å²) in [6.07, 6.45) is 1.84. The van der Waals surface area contributed by atoms with Crippen molar-refractivity contribution < 1.29 is 14.0 Å². The van der Waals surface area contributed by atoms with Crippen molar-refractivity contribution in [2.75, 3.05) is 18.4 Å². The molecule has 5 heteroatoms. The van der Waals surface area contributed by atoms with Gasteiger partial charge in [-0.3, -0.25) is 9.59 Å². The standard InChI is InChI=1S/C21H23FN2O2/c1-2-15-5-9-19(10-6-15)23-21(26)17-13-20(25)24(14-17)12-11-16-3-7-18(22)8-4-16/h3-10,17H,2,11-14H2,1H3,(H,23,26)/t17-/m0/s1. The SMILES string of the molecule is CCc1ccc(NC(=O)[C@H]2CC(=O)N(CCc3ccc(F)cc3)C2)cc1. The van der Waals surface area contributed by atoms with E-state index in [1.54, 1.807) is 17.0 Å². The van der Waals surface area contributed by atoms with E-state index in [9.17, 15) is 14.0 Å². The molecule has 1 N–H and O–H groups in total. The molecule has 26 heavy (non-hydrogen) atoms. The summed E-state index contributed by atoms with van der Waals surface area (Å²) in [7, 11) is 0. The number of nitrogens with zero attached hydrogens (tertiary/aromatic N) is 1. The molecule has 1 saturated heterocycles. The lowest BCUT2D eigenvalue weighted by molar-refractivity contribution is -0.128. The molecular formula is C21H23FN2O2. The van der Waals surface area contributed by atoms with E-state index in [1.807, 2.05) is 24.3 Å². The van der Waals surface area contributed by atoms with Gasteiger partial charge in [0.15, 0.2) is 0 Å². The van der Waals surface area contributed by atoms with Crippen LogP contribution in [0.2, 0.25) is 0 Å². The van der Waals surface area contributed by atoms with Gasteiger partial charge in [-0.1, -0.05) is 31.2 Å². The Labute approximate surface area is 153 Å². The second kappa shape index (κ2) is 8.13. The number of rotatable bonds is 6. The second-order valence-corrected chi connectivity index (χ2v) is 6.66. The van der Waals surface area contributed by atoms with E-state index in [-0.39, 0.29) is 30.0 Å². The maximum absolute atomic E-state index is 12.9. The number of benzene rings is 2. The number of nitrogens with one attached hydrogen (secondary N) is 1. The van der Waals surface area contributed by atoms with Crippen LogP contribution in [0.15, 0.2) is 48.5 Å². The first-order chi connectivity index (χ1) is 12.5. The number of aryl methyl sites for hydroxylation is 1. The summed E-state index contributed by atoms with van der Waals surface area (Å²) in [5, 5.41) is 2.90. The summed E-state index contributed by atoms with van der Waals surface area (Å²) < 4.78 is 12.9. The predicted octanol–water partition coefficient (Wildman–Crippen LogP) is 3.42. The molecule has 1 heterocycles. The Balaban J connectivity index is 1.52. The Morgan fingerprint density at radius 1 is 1.12 bits per heavy atom. The van der Waals surface area contributed by atoms with Crippen LogP contribution in [0.1, 0.15) is 24.5 Å². The lowest BCUT2D eigenvalue weighted by Crippen LogP contribution is -2.30. The zero-order chi connectivity index (χ0) is 18.5. The number of hydrogen-bond donors (Lipinski definition) is 1. The number of hydrogen-bond acceptors (Lipinski definition) is 2. The minimum Gasteiger partial charge on any atom is -0.342 e. The Bertz CT molecular complexity index is 772. The molecule has 1 atom stereocenters. The maximum atomic E-state index is 12.9. The molecule has 0 saturated carbocycles. The van der Waals surface area contributed by atoms with Crippen molar-refractivity contribution in [1.29, 1.82) is 0 Å². The molecule has 0 unspecified atom stereocenters. The summed E-state index contributed by atoms with van der Waals surface area (Å²) in [6.45, 7) is 3.05. The summed E-state index contributed by atoms with van der Waals surface area (Å²) in [4.78, 5) is 26.3. The van der Waals surface area contributed by atoms with Gasteiger partial charge in [0.05, 0.1) is 5.92 Å². The van der Waals surface area contributed by atoms with E-state index in [1.165, 1.54) is 17.7 Å². The molecule has 0 bridgehead atoms. The monoisotopic (exact) mass is 354 g/mol. The fourth-order valence-electron chi connectivity index (χ4n) is 3.15. The fraction of sp³-hybridized carbons (Fsp3) is 0.333. The van der Waals surface area contributed by atoms with Gasteiger partial charge in [0.2, 0.25) is 11.8 Å². The minimum atomic E-state index is -0.332. The Kier molecular flexibility index (Phi) is 5.66. The number of likely N-dealkylation sites (tertiary alicyclic amines) is 1. The highest BCUT2D eigenvalue weighted by Gasteiger charge is 2.33. The van der Waals surface area contributed by atoms with Crippen LogP contribution < -0.4 is 5.32 Å². The average molecular weight is 354 g/mol. The Hall–Kier alpha value is -2.69. The first-order valence-corrected chi connectivity index (χ1v) is 8.97. The van der Waals surface area contributed by atoms with E-state index in [4.69, 9.17) is 0 Å². The largest absolute Gasteiger partial charge is 0.342 e. The van der Waals surface area contributed by atoms with Crippen LogP contribution in [-0.4, -0.2) is 29.8 Å². The van der Waals surface area contributed by atoms with Crippen molar-refractivity contribution in [3.63, 3.8) is 0 Å². The zero-order valence-electron chi connectivity index (χ0n) is 14.9. The quantitative estimate of drug-likeness (QED) is 0.864. The predicted molar refractivity (Wildman–Crippen MR) is 99.2 cm³/mol. The third-order valence-electron chi connectivity index (χ3n) is 4.80. The van der Waals surface area contributed by atoms with Crippen molar-refractivity contribution in [2.24, 2.45) is 5.92 Å². The highest BCUT2D eigenvalue weighted by Crippen LogP contribution is 2.21. The fourth-order valence-corrected chi connectivity index (χ4v) is 3.15. The molecule has 136 valence electrons. The van der Waals surface area contributed by atoms with Gasteiger partial charge in [0.25, 0.3) is 0 Å². The Morgan fingerprint density at radius 3 is 2.42 bits per heavy atom. The highest BCUT2D eigenvalue weighted by molar-refractivity contribution is 5.97. The average Bonchev–Trinajstić information content (AvgIpc) is 3.03. The molecular weight excluding hydrogens is 331 g/mol. The van der Waals surface area contributed by atoms with Crippen LogP contribution in [-0.2, 0) is 22.4 Å². The number of carbonyl (C=O) groups is 2. The minimum absolute atomic E-state index is 0.00593. The van der Waals surface area contributed by atoms with Crippen LogP contribution in [0.3, 0.4) is 0 Å². The zero-order valence-corrected chi connectivity index (χ0v) is 14.9. The van der Waals surface area contributed by atoms with Crippen molar-refractivity contribution in [3.8, 4) is 0 Å². The molecule has 0 aromatic heterocycles. The van der Waals surface area contributed by atoms with Crippen molar-refractivity contribution >= 4 is 17.5 Å². The molecule has 0 radical (unpaired) electrons. The van der Waals surface area contributed by atoms with Gasteiger partial charge < -0.3 is 10.2 Å². The summed E-state index contributed by atoms with van der Waals surface area (Å²) in [5.41, 5.74) is 2.94. The maximum Gasteiger partial charge on any atom is 0.229 e.